The van der Waals surface area contributed by atoms with Crippen LogP contribution in [0.15, 0.2) is 22.7 Å². The average Bonchev–Trinajstić information content (AvgIpc) is 2.30. The van der Waals surface area contributed by atoms with Crippen LogP contribution in [0.3, 0.4) is 0 Å². The van der Waals surface area contributed by atoms with Crippen molar-refractivity contribution in [2.45, 2.75) is 13.5 Å². The van der Waals surface area contributed by atoms with Gasteiger partial charge >= 0.3 is 5.97 Å². The van der Waals surface area contributed by atoms with E-state index in [4.69, 9.17) is 5.11 Å². The molecule has 0 heterocycles. The van der Waals surface area contributed by atoms with Gasteiger partial charge in [-0.1, -0.05) is 28.1 Å². The average molecular weight is 329 g/mol. The molecule has 0 aliphatic carbocycles. The molecule has 0 spiro atoms. The summed E-state index contributed by atoms with van der Waals surface area (Å²) >= 11 is 3.51. The highest BCUT2D eigenvalue weighted by Crippen LogP contribution is 2.18. The van der Waals surface area contributed by atoms with Crippen molar-refractivity contribution in [2.24, 2.45) is 0 Å². The van der Waals surface area contributed by atoms with Crippen LogP contribution in [-0.4, -0.2) is 54.6 Å². The monoisotopic (exact) mass is 328 g/mol. The lowest BCUT2D eigenvalue weighted by molar-refractivity contribution is -0.138. The number of likely N-dealkylation sites (N-methyl/N-ethyl adjacent to an activating group) is 1. The summed E-state index contributed by atoms with van der Waals surface area (Å²) < 4.78 is 1.06. The molecular weight excluding hydrogens is 308 g/mol. The van der Waals surface area contributed by atoms with E-state index in [0.29, 0.717) is 6.54 Å². The number of rotatable bonds is 7. The van der Waals surface area contributed by atoms with Gasteiger partial charge in [-0.05, 0) is 38.2 Å². The van der Waals surface area contributed by atoms with Gasteiger partial charge in [-0.15, -0.1) is 0 Å². The first-order valence-corrected chi connectivity index (χ1v) is 7.01. The minimum Gasteiger partial charge on any atom is -0.480 e. The second-order valence-corrected chi connectivity index (χ2v) is 5.85. The van der Waals surface area contributed by atoms with E-state index in [1.54, 1.807) is 0 Å². The van der Waals surface area contributed by atoms with E-state index in [0.717, 1.165) is 23.1 Å². The van der Waals surface area contributed by atoms with Gasteiger partial charge < -0.3 is 10.0 Å². The molecule has 0 radical (unpaired) electrons. The number of benzene rings is 1. The Kier molecular flexibility index (Phi) is 6.48. The van der Waals surface area contributed by atoms with Gasteiger partial charge in [0.1, 0.15) is 0 Å². The zero-order valence-electron chi connectivity index (χ0n) is 11.7. The Hall–Kier alpha value is -0.910. The fraction of sp³-hybridized carbons (Fsp3) is 0.500. The number of halogens is 1. The maximum Gasteiger partial charge on any atom is 0.317 e. The van der Waals surface area contributed by atoms with Crippen molar-refractivity contribution in [3.05, 3.63) is 33.8 Å². The molecule has 0 bridgehead atoms. The van der Waals surface area contributed by atoms with Gasteiger partial charge in [0, 0.05) is 24.1 Å². The molecule has 106 valence electrons. The van der Waals surface area contributed by atoms with E-state index in [1.165, 1.54) is 5.56 Å². The molecule has 0 unspecified atom stereocenters. The largest absolute Gasteiger partial charge is 0.480 e. The fourth-order valence-corrected chi connectivity index (χ4v) is 2.17. The van der Waals surface area contributed by atoms with E-state index in [2.05, 4.69) is 26.9 Å². The first kappa shape index (κ1) is 16.1. The van der Waals surface area contributed by atoms with Gasteiger partial charge in [-0.2, -0.15) is 0 Å². The summed E-state index contributed by atoms with van der Waals surface area (Å²) in [6.07, 6.45) is 0. The summed E-state index contributed by atoms with van der Waals surface area (Å²) in [7, 11) is 3.98. The second-order valence-electron chi connectivity index (χ2n) is 4.99. The van der Waals surface area contributed by atoms with E-state index < -0.39 is 5.97 Å². The predicted octanol–water partition coefficient (Wildman–Crippen LogP) is 2.21. The molecule has 19 heavy (non-hydrogen) atoms. The molecule has 1 N–H and O–H groups in total. The minimum absolute atomic E-state index is 0.0688. The Bertz CT molecular complexity index is 435. The summed E-state index contributed by atoms with van der Waals surface area (Å²) in [6, 6.07) is 6.15. The summed E-state index contributed by atoms with van der Waals surface area (Å²) in [6.45, 7) is 4.35. The molecule has 0 aliphatic heterocycles. The third kappa shape index (κ3) is 6.18. The Labute approximate surface area is 123 Å². The Morgan fingerprint density at radius 2 is 2.00 bits per heavy atom. The molecule has 5 heteroatoms. The highest BCUT2D eigenvalue weighted by Gasteiger charge is 2.11. The van der Waals surface area contributed by atoms with Crippen molar-refractivity contribution in [1.29, 1.82) is 0 Å². The summed E-state index contributed by atoms with van der Waals surface area (Å²) in [5.41, 5.74) is 2.30. The number of hydrogen-bond donors (Lipinski definition) is 1. The van der Waals surface area contributed by atoms with Crippen LogP contribution in [0.25, 0.3) is 0 Å². The molecule has 4 nitrogen and oxygen atoms in total. The van der Waals surface area contributed by atoms with Crippen molar-refractivity contribution >= 4 is 21.9 Å². The molecule has 0 saturated heterocycles. The summed E-state index contributed by atoms with van der Waals surface area (Å²) in [4.78, 5) is 14.9. The number of aryl methyl sites for hydroxylation is 1. The van der Waals surface area contributed by atoms with Crippen molar-refractivity contribution in [3.8, 4) is 0 Å². The van der Waals surface area contributed by atoms with Crippen LogP contribution >= 0.6 is 15.9 Å². The first-order chi connectivity index (χ1) is 8.88. The Morgan fingerprint density at radius 1 is 1.32 bits per heavy atom. The van der Waals surface area contributed by atoms with Gasteiger partial charge in [0.05, 0.1) is 6.54 Å². The number of nitrogens with zero attached hydrogens (tertiary/aromatic N) is 2. The lowest BCUT2D eigenvalue weighted by Gasteiger charge is -2.22. The maximum absolute atomic E-state index is 10.9. The Morgan fingerprint density at radius 3 is 2.53 bits per heavy atom. The van der Waals surface area contributed by atoms with Gasteiger partial charge in [-0.25, -0.2) is 0 Å². The zero-order valence-corrected chi connectivity index (χ0v) is 13.3. The maximum atomic E-state index is 10.9. The topological polar surface area (TPSA) is 43.8 Å². The SMILES string of the molecule is Cc1ccc(CN(CCN(C)C)CC(=O)O)cc1Br. The third-order valence-electron chi connectivity index (χ3n) is 2.86. The molecule has 1 rings (SSSR count). The minimum atomic E-state index is -0.787. The standard InChI is InChI=1S/C14H21BrN2O2/c1-11-4-5-12(8-13(11)15)9-17(10-14(18)19)7-6-16(2)3/h4-5,8H,6-7,9-10H2,1-3H3,(H,18,19). The molecule has 0 aromatic heterocycles. The van der Waals surface area contributed by atoms with Crippen LogP contribution in [0, 0.1) is 6.92 Å². The van der Waals surface area contributed by atoms with Gasteiger partial charge in [0.15, 0.2) is 0 Å². The molecule has 0 amide bonds. The van der Waals surface area contributed by atoms with Crippen LogP contribution in [0.1, 0.15) is 11.1 Å². The Balaban J connectivity index is 2.69. The van der Waals surface area contributed by atoms with E-state index >= 15 is 0 Å². The smallest absolute Gasteiger partial charge is 0.317 e. The molecule has 1 aromatic carbocycles. The summed E-state index contributed by atoms with van der Waals surface area (Å²) in [5, 5.41) is 8.96. The van der Waals surface area contributed by atoms with Crippen molar-refractivity contribution in [1.82, 2.24) is 9.80 Å². The fourth-order valence-electron chi connectivity index (χ4n) is 1.74. The van der Waals surface area contributed by atoms with E-state index in [9.17, 15) is 4.79 Å². The van der Waals surface area contributed by atoms with E-state index in [1.807, 2.05) is 38.1 Å². The number of carbonyl (C=O) groups is 1. The number of hydrogen-bond acceptors (Lipinski definition) is 3. The van der Waals surface area contributed by atoms with Crippen LogP contribution in [0.2, 0.25) is 0 Å². The quantitative estimate of drug-likeness (QED) is 0.833. The molecule has 0 saturated carbocycles. The van der Waals surface area contributed by atoms with Crippen molar-refractivity contribution in [3.63, 3.8) is 0 Å². The third-order valence-corrected chi connectivity index (χ3v) is 3.72. The second kappa shape index (κ2) is 7.62. The number of aliphatic carboxylic acids is 1. The molecule has 1 aromatic rings. The highest BCUT2D eigenvalue weighted by atomic mass is 79.9. The molecule has 0 aliphatic rings. The van der Waals surface area contributed by atoms with Crippen molar-refractivity contribution in [2.75, 3.05) is 33.7 Å². The number of carboxylic acids is 1. The van der Waals surface area contributed by atoms with Crippen LogP contribution < -0.4 is 0 Å². The first-order valence-electron chi connectivity index (χ1n) is 6.22. The van der Waals surface area contributed by atoms with Gasteiger partial charge in [-0.3, -0.25) is 9.69 Å². The van der Waals surface area contributed by atoms with Gasteiger partial charge in [0.2, 0.25) is 0 Å². The molecule has 0 atom stereocenters. The highest BCUT2D eigenvalue weighted by molar-refractivity contribution is 9.10. The van der Waals surface area contributed by atoms with Crippen molar-refractivity contribution < 1.29 is 9.90 Å². The zero-order chi connectivity index (χ0) is 14.4. The normalized spacial score (nSPS) is 11.3. The van der Waals surface area contributed by atoms with Crippen LogP contribution in [0.5, 0.6) is 0 Å². The van der Waals surface area contributed by atoms with Crippen LogP contribution in [-0.2, 0) is 11.3 Å². The van der Waals surface area contributed by atoms with Gasteiger partial charge in [0.25, 0.3) is 0 Å². The molecule has 0 fully saturated rings. The van der Waals surface area contributed by atoms with Crippen LogP contribution in [0.4, 0.5) is 0 Å². The summed E-state index contributed by atoms with van der Waals surface area (Å²) in [5.74, 6) is -0.787. The lowest BCUT2D eigenvalue weighted by Crippen LogP contribution is -2.35. The predicted molar refractivity (Wildman–Crippen MR) is 80.3 cm³/mol. The molecular formula is C14H21BrN2O2. The number of carboxylic acid groups (broad SMARTS) is 1. The van der Waals surface area contributed by atoms with E-state index in [-0.39, 0.29) is 6.54 Å². The lowest BCUT2D eigenvalue weighted by atomic mass is 10.1.